The molecule has 1 aliphatic carbocycles. The van der Waals surface area contributed by atoms with Gasteiger partial charge >= 0.3 is 0 Å². The third-order valence-corrected chi connectivity index (χ3v) is 5.32. The first-order chi connectivity index (χ1) is 12.1. The summed E-state index contributed by atoms with van der Waals surface area (Å²) in [6.45, 7) is 0.613. The number of rotatable bonds is 6. The Morgan fingerprint density at radius 2 is 1.73 bits per heavy atom. The van der Waals surface area contributed by atoms with Crippen LogP contribution in [0, 0.1) is 5.82 Å². The van der Waals surface area contributed by atoms with Gasteiger partial charge in [-0.2, -0.15) is 0 Å². The number of aryl methyl sites for hydroxylation is 1. The van der Waals surface area contributed by atoms with Crippen molar-refractivity contribution in [1.82, 2.24) is 5.32 Å². The monoisotopic (exact) mass is 376 g/mol. The highest BCUT2D eigenvalue weighted by atomic mass is 35.5. The van der Waals surface area contributed by atoms with E-state index in [9.17, 15) is 9.18 Å². The van der Waals surface area contributed by atoms with E-state index < -0.39 is 0 Å². The van der Waals surface area contributed by atoms with Crippen LogP contribution in [-0.2, 0) is 16.6 Å². The number of hydrogen-bond acceptors (Lipinski definition) is 2. The summed E-state index contributed by atoms with van der Waals surface area (Å²) >= 11 is 0. The van der Waals surface area contributed by atoms with Crippen molar-refractivity contribution in [3.63, 3.8) is 0 Å². The topological polar surface area (TPSA) is 55.1 Å². The Morgan fingerprint density at radius 3 is 2.38 bits per heavy atom. The molecule has 0 bridgehead atoms. The Hall–Kier alpha value is -2.07. The minimum absolute atomic E-state index is 0. The molecule has 0 spiro atoms. The molecular weight excluding hydrogens is 351 g/mol. The summed E-state index contributed by atoms with van der Waals surface area (Å²) in [6.07, 6.45) is 5.42. The first-order valence-electron chi connectivity index (χ1n) is 8.95. The number of benzene rings is 2. The number of nitrogens with two attached hydrogens (primary N) is 1. The third-order valence-electron chi connectivity index (χ3n) is 5.32. The molecule has 3 N–H and O–H groups in total. The van der Waals surface area contributed by atoms with E-state index in [0.29, 0.717) is 19.4 Å². The highest BCUT2D eigenvalue weighted by Gasteiger charge is 2.35. The third kappa shape index (κ3) is 4.76. The van der Waals surface area contributed by atoms with Crippen molar-refractivity contribution in [1.29, 1.82) is 0 Å². The average molecular weight is 377 g/mol. The number of carbonyl (C=O) groups excluding carboxylic acids is 1. The molecule has 0 radical (unpaired) electrons. The second-order valence-electron chi connectivity index (χ2n) is 6.97. The van der Waals surface area contributed by atoms with E-state index in [1.807, 2.05) is 36.4 Å². The smallest absolute Gasteiger partial charge is 0.220 e. The number of anilines is 1. The maximum atomic E-state index is 13.2. The summed E-state index contributed by atoms with van der Waals surface area (Å²) < 4.78 is 13.2. The average Bonchev–Trinajstić information content (AvgIpc) is 3.10. The van der Waals surface area contributed by atoms with Crippen molar-refractivity contribution in [2.75, 3.05) is 12.3 Å². The Kier molecular flexibility index (Phi) is 7.04. The molecule has 26 heavy (non-hydrogen) atoms. The second kappa shape index (κ2) is 9.04. The molecule has 5 heteroatoms. The van der Waals surface area contributed by atoms with Crippen molar-refractivity contribution in [3.8, 4) is 0 Å². The molecule has 2 aromatic carbocycles. The fourth-order valence-corrected chi connectivity index (χ4v) is 3.79. The first kappa shape index (κ1) is 20.2. The molecule has 1 saturated carbocycles. The highest BCUT2D eigenvalue weighted by molar-refractivity contribution is 5.85. The summed E-state index contributed by atoms with van der Waals surface area (Å²) in [5.74, 6) is -0.182. The fourth-order valence-electron chi connectivity index (χ4n) is 3.79. The molecule has 3 nitrogen and oxygen atoms in total. The molecule has 1 aliphatic rings. The maximum absolute atomic E-state index is 13.2. The Bertz CT molecular complexity index is 727. The van der Waals surface area contributed by atoms with Crippen molar-refractivity contribution < 1.29 is 9.18 Å². The highest BCUT2D eigenvalue weighted by Crippen LogP contribution is 2.40. The van der Waals surface area contributed by atoms with Gasteiger partial charge in [-0.15, -0.1) is 12.4 Å². The molecule has 0 saturated heterocycles. The quantitative estimate of drug-likeness (QED) is 0.734. The van der Waals surface area contributed by atoms with E-state index in [2.05, 4.69) is 5.32 Å². The zero-order valence-corrected chi connectivity index (χ0v) is 15.7. The van der Waals surface area contributed by atoms with E-state index in [1.165, 1.54) is 12.1 Å². The van der Waals surface area contributed by atoms with Gasteiger partial charge in [0.1, 0.15) is 5.82 Å². The molecule has 1 fully saturated rings. The van der Waals surface area contributed by atoms with Crippen molar-refractivity contribution in [2.24, 2.45) is 0 Å². The molecule has 0 heterocycles. The van der Waals surface area contributed by atoms with E-state index in [-0.39, 0.29) is 29.5 Å². The molecule has 0 atom stereocenters. The fraction of sp³-hybridized carbons (Fsp3) is 0.381. The zero-order valence-electron chi connectivity index (χ0n) is 14.8. The number of nitrogen functional groups attached to an aromatic ring is 1. The summed E-state index contributed by atoms with van der Waals surface area (Å²) in [5.41, 5.74) is 8.73. The van der Waals surface area contributed by atoms with Crippen LogP contribution in [0.3, 0.4) is 0 Å². The van der Waals surface area contributed by atoms with Crippen LogP contribution >= 0.6 is 12.4 Å². The van der Waals surface area contributed by atoms with Crippen LogP contribution in [0.15, 0.2) is 48.5 Å². The van der Waals surface area contributed by atoms with Gasteiger partial charge in [0.2, 0.25) is 5.91 Å². The number of halogens is 2. The number of amides is 1. The summed E-state index contributed by atoms with van der Waals surface area (Å²) in [7, 11) is 0. The predicted octanol–water partition coefficient (Wildman–Crippen LogP) is 4.39. The lowest BCUT2D eigenvalue weighted by molar-refractivity contribution is -0.121. The molecule has 0 unspecified atom stereocenters. The van der Waals surface area contributed by atoms with Gasteiger partial charge in [0.15, 0.2) is 0 Å². The van der Waals surface area contributed by atoms with Gasteiger partial charge in [-0.05, 0) is 48.6 Å². The van der Waals surface area contributed by atoms with Gasteiger partial charge in [-0.3, -0.25) is 4.79 Å². The molecule has 3 rings (SSSR count). The standard InChI is InChI=1S/C21H25FN2O.ClH/c22-18-10-8-17(9-11-18)21(13-3-4-14-21)15-24-20(25)12-7-16-5-1-2-6-19(16)23;/h1-2,5-6,8-11H,3-4,7,12-15,23H2,(H,24,25);1H. The largest absolute Gasteiger partial charge is 0.399 e. The molecule has 0 aliphatic heterocycles. The van der Waals surface area contributed by atoms with E-state index in [0.717, 1.165) is 42.5 Å². The van der Waals surface area contributed by atoms with Gasteiger partial charge in [0, 0.05) is 24.1 Å². The number of nitrogens with one attached hydrogen (secondary N) is 1. The van der Waals surface area contributed by atoms with Gasteiger partial charge in [0.05, 0.1) is 0 Å². The lowest BCUT2D eigenvalue weighted by atomic mass is 9.78. The van der Waals surface area contributed by atoms with E-state index in [1.54, 1.807) is 0 Å². The maximum Gasteiger partial charge on any atom is 0.220 e. The Labute approximate surface area is 160 Å². The van der Waals surface area contributed by atoms with Crippen LogP contribution in [0.5, 0.6) is 0 Å². The predicted molar refractivity (Wildman–Crippen MR) is 106 cm³/mol. The van der Waals surface area contributed by atoms with Gasteiger partial charge < -0.3 is 11.1 Å². The zero-order chi connectivity index (χ0) is 17.7. The Balaban J connectivity index is 0.00000243. The lowest BCUT2D eigenvalue weighted by Crippen LogP contribution is -2.39. The van der Waals surface area contributed by atoms with Crippen LogP contribution in [0.1, 0.15) is 43.2 Å². The van der Waals surface area contributed by atoms with Crippen molar-refractivity contribution in [2.45, 2.75) is 43.9 Å². The minimum atomic E-state index is -0.221. The normalized spacial score (nSPS) is 15.3. The SMILES string of the molecule is Cl.Nc1ccccc1CCC(=O)NCC1(c2ccc(F)cc2)CCCC1. The van der Waals surface area contributed by atoms with Gasteiger partial charge in [-0.1, -0.05) is 43.2 Å². The van der Waals surface area contributed by atoms with Crippen LogP contribution in [0.2, 0.25) is 0 Å². The first-order valence-corrected chi connectivity index (χ1v) is 8.95. The van der Waals surface area contributed by atoms with Crippen molar-refractivity contribution >= 4 is 24.0 Å². The molecule has 2 aromatic rings. The van der Waals surface area contributed by atoms with Gasteiger partial charge in [0.25, 0.3) is 0 Å². The second-order valence-corrected chi connectivity index (χ2v) is 6.97. The molecular formula is C21H26ClFN2O. The van der Waals surface area contributed by atoms with E-state index >= 15 is 0 Å². The van der Waals surface area contributed by atoms with E-state index in [4.69, 9.17) is 5.73 Å². The molecule has 140 valence electrons. The minimum Gasteiger partial charge on any atom is -0.399 e. The van der Waals surface area contributed by atoms with Crippen LogP contribution in [0.25, 0.3) is 0 Å². The number of carbonyl (C=O) groups is 1. The number of hydrogen-bond donors (Lipinski definition) is 2. The summed E-state index contributed by atoms with van der Waals surface area (Å²) in [6, 6.07) is 14.4. The molecule has 1 amide bonds. The summed E-state index contributed by atoms with van der Waals surface area (Å²) in [5, 5.41) is 3.09. The van der Waals surface area contributed by atoms with Gasteiger partial charge in [-0.25, -0.2) is 4.39 Å². The molecule has 0 aromatic heterocycles. The van der Waals surface area contributed by atoms with Crippen LogP contribution in [0.4, 0.5) is 10.1 Å². The van der Waals surface area contributed by atoms with Crippen molar-refractivity contribution in [3.05, 3.63) is 65.5 Å². The van der Waals surface area contributed by atoms with Crippen LogP contribution in [-0.4, -0.2) is 12.5 Å². The Morgan fingerprint density at radius 1 is 1.08 bits per heavy atom. The number of para-hydroxylation sites is 1. The van der Waals surface area contributed by atoms with Crippen LogP contribution < -0.4 is 11.1 Å². The lowest BCUT2D eigenvalue weighted by Gasteiger charge is -2.30. The summed E-state index contributed by atoms with van der Waals surface area (Å²) in [4.78, 5) is 12.3.